The molecule has 0 aromatic heterocycles. The molecule has 2 amide bonds. The number of nitrogens with zero attached hydrogens (tertiary/aromatic N) is 1. The number of carbonyl (C=O) groups is 2. The van der Waals surface area contributed by atoms with Gasteiger partial charge in [0.15, 0.2) is 0 Å². The molecule has 1 saturated carbocycles. The average Bonchev–Trinajstić information content (AvgIpc) is 3.06. The lowest BCUT2D eigenvalue weighted by Gasteiger charge is -2.44. The number of piperazine rings is 1. The fraction of sp³-hybridized carbons (Fsp3) is 0.867. The van der Waals surface area contributed by atoms with E-state index in [-0.39, 0.29) is 17.9 Å². The molecular formula is C15H26N2O2. The third-order valence-electron chi connectivity index (χ3n) is 4.54. The Bertz CT molecular complexity index is 386. The van der Waals surface area contributed by atoms with Gasteiger partial charge in [-0.05, 0) is 44.9 Å². The van der Waals surface area contributed by atoms with E-state index in [2.05, 4.69) is 12.2 Å². The lowest BCUT2D eigenvalue weighted by Crippen LogP contribution is -2.68. The fourth-order valence-corrected chi connectivity index (χ4v) is 3.23. The maximum absolute atomic E-state index is 12.6. The van der Waals surface area contributed by atoms with Gasteiger partial charge in [-0.2, -0.15) is 0 Å². The average molecular weight is 266 g/mol. The quantitative estimate of drug-likeness (QED) is 0.828. The molecule has 0 radical (unpaired) electrons. The van der Waals surface area contributed by atoms with Crippen molar-refractivity contribution in [2.24, 2.45) is 5.41 Å². The molecule has 0 aromatic rings. The second-order valence-corrected chi connectivity index (χ2v) is 6.72. The number of amides is 2. The van der Waals surface area contributed by atoms with Crippen LogP contribution in [0.5, 0.6) is 0 Å². The molecule has 1 heterocycles. The van der Waals surface area contributed by atoms with Crippen molar-refractivity contribution in [3.63, 3.8) is 0 Å². The van der Waals surface area contributed by atoms with Crippen molar-refractivity contribution in [1.29, 1.82) is 0 Å². The lowest BCUT2D eigenvalue weighted by molar-refractivity contribution is -0.154. The van der Waals surface area contributed by atoms with Crippen LogP contribution in [0, 0.1) is 5.41 Å². The number of hydrogen-bond acceptors (Lipinski definition) is 2. The van der Waals surface area contributed by atoms with Gasteiger partial charge >= 0.3 is 0 Å². The van der Waals surface area contributed by atoms with E-state index in [0.717, 1.165) is 19.4 Å². The van der Waals surface area contributed by atoms with E-state index < -0.39 is 5.54 Å². The fourth-order valence-electron chi connectivity index (χ4n) is 3.23. The highest BCUT2D eigenvalue weighted by Crippen LogP contribution is 2.50. The molecule has 4 nitrogen and oxygen atoms in total. The normalized spacial score (nSPS) is 28.2. The number of nitrogens with one attached hydrogen (secondary N) is 1. The van der Waals surface area contributed by atoms with Crippen LogP contribution in [0.25, 0.3) is 0 Å². The largest absolute Gasteiger partial charge is 0.340 e. The molecule has 0 aromatic carbocycles. The summed E-state index contributed by atoms with van der Waals surface area (Å²) in [5, 5.41) is 2.84. The molecule has 0 spiro atoms. The molecule has 1 aliphatic heterocycles. The van der Waals surface area contributed by atoms with Gasteiger partial charge < -0.3 is 10.2 Å². The van der Waals surface area contributed by atoms with Gasteiger partial charge in [0.05, 0.1) is 0 Å². The van der Waals surface area contributed by atoms with Crippen molar-refractivity contribution in [1.82, 2.24) is 10.2 Å². The van der Waals surface area contributed by atoms with E-state index in [4.69, 9.17) is 0 Å². The van der Waals surface area contributed by atoms with E-state index in [1.807, 2.05) is 11.8 Å². The van der Waals surface area contributed by atoms with E-state index in [9.17, 15) is 9.59 Å². The van der Waals surface area contributed by atoms with Crippen LogP contribution in [-0.2, 0) is 9.59 Å². The first-order valence-corrected chi connectivity index (χ1v) is 7.48. The Morgan fingerprint density at radius 1 is 1.26 bits per heavy atom. The number of hydrogen-bond donors (Lipinski definition) is 1. The highest BCUT2D eigenvalue weighted by molar-refractivity contribution is 5.99. The van der Waals surface area contributed by atoms with Crippen LogP contribution < -0.4 is 5.32 Å². The van der Waals surface area contributed by atoms with Crippen LogP contribution in [0.4, 0.5) is 0 Å². The molecule has 1 atom stereocenters. The monoisotopic (exact) mass is 266 g/mol. The summed E-state index contributed by atoms with van der Waals surface area (Å²) in [7, 11) is 0. The first-order valence-electron chi connectivity index (χ1n) is 7.48. The standard InChI is InChI=1S/C15H26N2O2/c1-5-7-15(8-9-15)10-17-11(6-2)12(18)16-14(3,4)13(17)19/h11H,5-10H2,1-4H3,(H,16,18). The zero-order valence-corrected chi connectivity index (χ0v) is 12.6. The van der Waals surface area contributed by atoms with Crippen molar-refractivity contribution >= 4 is 11.8 Å². The molecule has 1 unspecified atom stereocenters. The molecule has 2 fully saturated rings. The molecule has 1 N–H and O–H groups in total. The highest BCUT2D eigenvalue weighted by Gasteiger charge is 2.50. The predicted molar refractivity (Wildman–Crippen MR) is 74.6 cm³/mol. The molecule has 19 heavy (non-hydrogen) atoms. The number of rotatable bonds is 5. The van der Waals surface area contributed by atoms with Gasteiger partial charge in [0, 0.05) is 6.54 Å². The predicted octanol–water partition coefficient (Wildman–Crippen LogP) is 2.08. The van der Waals surface area contributed by atoms with Crippen molar-refractivity contribution in [3.05, 3.63) is 0 Å². The van der Waals surface area contributed by atoms with Gasteiger partial charge in [-0.3, -0.25) is 9.59 Å². The summed E-state index contributed by atoms with van der Waals surface area (Å²) in [6.45, 7) is 8.51. The summed E-state index contributed by atoms with van der Waals surface area (Å²) in [5.41, 5.74) is -0.462. The topological polar surface area (TPSA) is 49.4 Å². The summed E-state index contributed by atoms with van der Waals surface area (Å²) < 4.78 is 0. The van der Waals surface area contributed by atoms with Gasteiger partial charge in [-0.25, -0.2) is 0 Å². The SMILES string of the molecule is CCCC1(CN2C(=O)C(C)(C)NC(=O)C2CC)CC1. The Morgan fingerprint density at radius 2 is 1.89 bits per heavy atom. The zero-order valence-electron chi connectivity index (χ0n) is 12.6. The maximum Gasteiger partial charge on any atom is 0.248 e. The minimum Gasteiger partial charge on any atom is -0.340 e. The Kier molecular flexibility index (Phi) is 3.63. The maximum atomic E-state index is 12.6. The first kappa shape index (κ1) is 14.4. The van der Waals surface area contributed by atoms with Crippen molar-refractivity contribution in [2.75, 3.05) is 6.54 Å². The smallest absolute Gasteiger partial charge is 0.248 e. The Labute approximate surface area is 115 Å². The van der Waals surface area contributed by atoms with E-state index in [0.29, 0.717) is 11.8 Å². The molecule has 1 saturated heterocycles. The van der Waals surface area contributed by atoms with Crippen LogP contribution in [0.2, 0.25) is 0 Å². The Balaban J connectivity index is 2.18. The molecular weight excluding hydrogens is 240 g/mol. The summed E-state index contributed by atoms with van der Waals surface area (Å²) in [6.07, 6.45) is 5.39. The molecule has 0 bridgehead atoms. The summed E-state index contributed by atoms with van der Waals surface area (Å²) in [4.78, 5) is 26.6. The third kappa shape index (κ3) is 2.63. The van der Waals surface area contributed by atoms with Crippen LogP contribution in [0.15, 0.2) is 0 Å². The van der Waals surface area contributed by atoms with Crippen LogP contribution >= 0.6 is 0 Å². The van der Waals surface area contributed by atoms with Crippen molar-refractivity contribution in [2.45, 2.75) is 71.4 Å². The van der Waals surface area contributed by atoms with Crippen molar-refractivity contribution in [3.8, 4) is 0 Å². The molecule has 2 rings (SSSR count). The number of carbonyl (C=O) groups excluding carboxylic acids is 2. The third-order valence-corrected chi connectivity index (χ3v) is 4.54. The summed E-state index contributed by atoms with van der Waals surface area (Å²) in [6, 6.07) is -0.283. The minimum atomic E-state index is -0.759. The molecule has 2 aliphatic rings. The second-order valence-electron chi connectivity index (χ2n) is 6.72. The van der Waals surface area contributed by atoms with Gasteiger partial charge in [-0.1, -0.05) is 20.3 Å². The van der Waals surface area contributed by atoms with Crippen LogP contribution in [0.1, 0.15) is 59.8 Å². The molecule has 108 valence electrons. The van der Waals surface area contributed by atoms with Crippen LogP contribution in [-0.4, -0.2) is 34.8 Å². The molecule has 4 heteroatoms. The lowest BCUT2D eigenvalue weighted by atomic mass is 9.92. The van der Waals surface area contributed by atoms with Crippen molar-refractivity contribution < 1.29 is 9.59 Å². The van der Waals surface area contributed by atoms with Gasteiger partial charge in [0.1, 0.15) is 11.6 Å². The summed E-state index contributed by atoms with van der Waals surface area (Å²) >= 11 is 0. The molecule has 1 aliphatic carbocycles. The van der Waals surface area contributed by atoms with E-state index in [1.54, 1.807) is 13.8 Å². The van der Waals surface area contributed by atoms with E-state index >= 15 is 0 Å². The zero-order chi connectivity index (χ0) is 14.3. The van der Waals surface area contributed by atoms with Crippen LogP contribution in [0.3, 0.4) is 0 Å². The van der Waals surface area contributed by atoms with Gasteiger partial charge in [0.2, 0.25) is 11.8 Å². The first-order chi connectivity index (χ1) is 8.85. The minimum absolute atomic E-state index is 0.000557. The van der Waals surface area contributed by atoms with Gasteiger partial charge in [-0.15, -0.1) is 0 Å². The van der Waals surface area contributed by atoms with E-state index in [1.165, 1.54) is 12.8 Å². The van der Waals surface area contributed by atoms with Gasteiger partial charge in [0.25, 0.3) is 0 Å². The highest BCUT2D eigenvalue weighted by atomic mass is 16.2. The Morgan fingerprint density at radius 3 is 2.37 bits per heavy atom. The second kappa shape index (κ2) is 4.80. The summed E-state index contributed by atoms with van der Waals surface area (Å²) in [5.74, 6) is 0.0701. The Hall–Kier alpha value is -1.06.